The molecule has 160 valence electrons. The van der Waals surface area contributed by atoms with Crippen molar-refractivity contribution in [2.24, 2.45) is 5.92 Å². The number of rotatable bonds is 5. The van der Waals surface area contributed by atoms with Gasteiger partial charge < -0.3 is 9.88 Å². The number of amides is 1. The van der Waals surface area contributed by atoms with Crippen molar-refractivity contribution in [2.75, 3.05) is 13.1 Å². The first-order valence-electron chi connectivity index (χ1n) is 10.5. The number of carbonyl (C=O) groups excluding carboxylic acids is 3. The minimum absolute atomic E-state index is 0.0674. The van der Waals surface area contributed by atoms with Gasteiger partial charge in [0, 0.05) is 42.2 Å². The molecule has 0 bridgehead atoms. The van der Waals surface area contributed by atoms with Crippen molar-refractivity contribution in [1.29, 1.82) is 0 Å². The number of aryl methyl sites for hydroxylation is 1. The first kappa shape index (κ1) is 21.0. The number of hydrogen-bond donors (Lipinski definition) is 1. The zero-order chi connectivity index (χ0) is 22.1. The molecule has 0 aliphatic carbocycles. The number of Topliss-reactive ketones (excluding diaryl/α,β-unsaturated/α-hetero) is 2. The van der Waals surface area contributed by atoms with E-state index in [1.54, 1.807) is 25.1 Å². The highest BCUT2D eigenvalue weighted by Gasteiger charge is 2.25. The first-order valence-corrected chi connectivity index (χ1v) is 10.5. The lowest BCUT2D eigenvalue weighted by molar-refractivity contribution is -0.113. The molecule has 0 radical (unpaired) electrons. The minimum atomic E-state index is -0.546. The van der Waals surface area contributed by atoms with Gasteiger partial charge in [-0.15, -0.1) is 0 Å². The lowest BCUT2D eigenvalue weighted by Crippen LogP contribution is -2.38. The van der Waals surface area contributed by atoms with E-state index < -0.39 is 11.6 Å². The van der Waals surface area contributed by atoms with Crippen LogP contribution < -0.4 is 0 Å². The highest BCUT2D eigenvalue weighted by atomic mass is 19.1. The van der Waals surface area contributed by atoms with Crippen molar-refractivity contribution >= 4 is 28.4 Å². The molecular formula is C25H25FN2O3. The number of likely N-dealkylation sites (tertiary alicyclic amines) is 1. The van der Waals surface area contributed by atoms with Crippen LogP contribution in [0.2, 0.25) is 0 Å². The molecular weight excluding hydrogens is 395 g/mol. The van der Waals surface area contributed by atoms with Crippen LogP contribution in [0.1, 0.15) is 51.7 Å². The van der Waals surface area contributed by atoms with Gasteiger partial charge in [-0.1, -0.05) is 12.1 Å². The molecule has 0 unspecified atom stereocenters. The summed E-state index contributed by atoms with van der Waals surface area (Å²) in [7, 11) is 0. The second-order valence-corrected chi connectivity index (χ2v) is 8.34. The Hall–Kier alpha value is -3.28. The van der Waals surface area contributed by atoms with Crippen LogP contribution in [-0.4, -0.2) is 40.4 Å². The van der Waals surface area contributed by atoms with Gasteiger partial charge in [-0.25, -0.2) is 4.39 Å². The summed E-state index contributed by atoms with van der Waals surface area (Å²) < 4.78 is 13.1. The number of H-pyrrole nitrogens is 1. The predicted octanol–water partition coefficient (Wildman–Crippen LogP) is 4.48. The van der Waals surface area contributed by atoms with E-state index in [0.717, 1.165) is 30.3 Å². The lowest BCUT2D eigenvalue weighted by atomic mass is 9.90. The first-order chi connectivity index (χ1) is 14.8. The third kappa shape index (κ3) is 4.29. The Morgan fingerprint density at radius 2 is 1.74 bits per heavy atom. The standard InChI is InChI=1S/C25H25FN2O3/c1-15-23(24(30)16(2)29)21-14-19(5-8-22(21)27-15)25(31)28-11-9-18(10-12-28)13-17-3-6-20(26)7-4-17/h3-8,14,18,27H,9-13H2,1-2H3. The average molecular weight is 420 g/mol. The van der Waals surface area contributed by atoms with E-state index in [-0.39, 0.29) is 11.7 Å². The molecule has 2 aromatic carbocycles. The summed E-state index contributed by atoms with van der Waals surface area (Å²) in [6.07, 6.45) is 2.67. The molecule has 1 saturated heterocycles. The van der Waals surface area contributed by atoms with Gasteiger partial charge in [0.2, 0.25) is 5.78 Å². The fourth-order valence-corrected chi connectivity index (χ4v) is 4.40. The van der Waals surface area contributed by atoms with E-state index in [9.17, 15) is 18.8 Å². The molecule has 1 aliphatic rings. The van der Waals surface area contributed by atoms with Gasteiger partial charge in [-0.3, -0.25) is 14.4 Å². The van der Waals surface area contributed by atoms with E-state index in [2.05, 4.69) is 4.98 Å². The van der Waals surface area contributed by atoms with Crippen molar-refractivity contribution in [3.05, 3.63) is 70.7 Å². The molecule has 0 saturated carbocycles. The quantitative estimate of drug-likeness (QED) is 0.489. The highest BCUT2D eigenvalue weighted by molar-refractivity contribution is 6.45. The normalized spacial score (nSPS) is 14.7. The van der Waals surface area contributed by atoms with Crippen LogP contribution in [0.3, 0.4) is 0 Å². The number of aromatic nitrogens is 1. The maximum atomic E-state index is 13.1. The number of piperidine rings is 1. The zero-order valence-corrected chi connectivity index (χ0v) is 17.7. The van der Waals surface area contributed by atoms with E-state index >= 15 is 0 Å². The van der Waals surface area contributed by atoms with Crippen LogP contribution in [0.5, 0.6) is 0 Å². The molecule has 3 aromatic rings. The largest absolute Gasteiger partial charge is 0.358 e. The van der Waals surface area contributed by atoms with Gasteiger partial charge in [0.25, 0.3) is 5.91 Å². The summed E-state index contributed by atoms with van der Waals surface area (Å²) in [4.78, 5) is 42.0. The van der Waals surface area contributed by atoms with Crippen LogP contribution in [0.25, 0.3) is 10.9 Å². The number of nitrogens with zero attached hydrogens (tertiary/aromatic N) is 1. The molecule has 5 nitrogen and oxygen atoms in total. The Bertz CT molecular complexity index is 1160. The lowest BCUT2D eigenvalue weighted by Gasteiger charge is -2.32. The smallest absolute Gasteiger partial charge is 0.253 e. The number of aromatic amines is 1. The second kappa shape index (κ2) is 8.46. The molecule has 1 N–H and O–H groups in total. The summed E-state index contributed by atoms with van der Waals surface area (Å²) in [6.45, 7) is 4.33. The number of fused-ring (bicyclic) bond motifs is 1. The van der Waals surface area contributed by atoms with Crippen molar-refractivity contribution in [1.82, 2.24) is 9.88 Å². The molecule has 1 fully saturated rings. The maximum Gasteiger partial charge on any atom is 0.253 e. The van der Waals surface area contributed by atoms with Gasteiger partial charge in [0.05, 0.1) is 5.56 Å². The fourth-order valence-electron chi connectivity index (χ4n) is 4.40. The van der Waals surface area contributed by atoms with Gasteiger partial charge in [-0.2, -0.15) is 0 Å². The van der Waals surface area contributed by atoms with Crippen molar-refractivity contribution in [3.8, 4) is 0 Å². The second-order valence-electron chi connectivity index (χ2n) is 8.34. The molecule has 31 heavy (non-hydrogen) atoms. The zero-order valence-electron chi connectivity index (χ0n) is 17.7. The Morgan fingerprint density at radius 3 is 2.39 bits per heavy atom. The third-order valence-corrected chi connectivity index (χ3v) is 6.12. The van der Waals surface area contributed by atoms with Crippen LogP contribution in [-0.2, 0) is 11.2 Å². The van der Waals surface area contributed by atoms with Crippen molar-refractivity contribution in [2.45, 2.75) is 33.1 Å². The summed E-state index contributed by atoms with van der Waals surface area (Å²) >= 11 is 0. The number of nitrogens with one attached hydrogen (secondary N) is 1. The Morgan fingerprint density at radius 1 is 1.06 bits per heavy atom. The van der Waals surface area contributed by atoms with Gasteiger partial charge >= 0.3 is 0 Å². The molecule has 0 spiro atoms. The van der Waals surface area contributed by atoms with Gasteiger partial charge in [-0.05, 0) is 68.0 Å². The van der Waals surface area contributed by atoms with E-state index in [1.165, 1.54) is 19.1 Å². The van der Waals surface area contributed by atoms with Crippen LogP contribution in [0, 0.1) is 18.7 Å². The molecule has 4 rings (SSSR count). The van der Waals surface area contributed by atoms with E-state index in [0.29, 0.717) is 41.2 Å². The number of benzene rings is 2. The monoisotopic (exact) mass is 420 g/mol. The number of carbonyl (C=O) groups is 3. The summed E-state index contributed by atoms with van der Waals surface area (Å²) in [5, 5.41) is 0.606. The Labute approximate surface area is 180 Å². The van der Waals surface area contributed by atoms with Gasteiger partial charge in [0.15, 0.2) is 5.78 Å². The Kier molecular flexibility index (Phi) is 5.72. The Balaban J connectivity index is 1.47. The van der Waals surface area contributed by atoms with E-state index in [1.807, 2.05) is 17.0 Å². The summed E-state index contributed by atoms with van der Waals surface area (Å²) in [5.74, 6) is -0.905. The van der Waals surface area contributed by atoms with Crippen LogP contribution in [0.4, 0.5) is 4.39 Å². The predicted molar refractivity (Wildman–Crippen MR) is 117 cm³/mol. The maximum absolute atomic E-state index is 13.1. The summed E-state index contributed by atoms with van der Waals surface area (Å²) in [6, 6.07) is 11.9. The molecule has 0 atom stereocenters. The SMILES string of the molecule is CC(=O)C(=O)c1c(C)[nH]c2ccc(C(=O)N3CCC(Cc4ccc(F)cc4)CC3)cc12. The van der Waals surface area contributed by atoms with Crippen LogP contribution >= 0.6 is 0 Å². The average Bonchev–Trinajstić information content (AvgIpc) is 3.09. The van der Waals surface area contributed by atoms with Crippen LogP contribution in [0.15, 0.2) is 42.5 Å². The van der Waals surface area contributed by atoms with E-state index in [4.69, 9.17) is 0 Å². The van der Waals surface area contributed by atoms with Crippen molar-refractivity contribution in [3.63, 3.8) is 0 Å². The third-order valence-electron chi connectivity index (χ3n) is 6.12. The fraction of sp³-hybridized carbons (Fsp3) is 0.320. The molecule has 1 amide bonds. The molecule has 6 heteroatoms. The highest BCUT2D eigenvalue weighted by Crippen LogP contribution is 2.27. The number of halogens is 1. The number of hydrogen-bond acceptors (Lipinski definition) is 3. The molecule has 1 aromatic heterocycles. The molecule has 1 aliphatic heterocycles. The summed E-state index contributed by atoms with van der Waals surface area (Å²) in [5.41, 5.74) is 3.33. The van der Waals surface area contributed by atoms with Crippen molar-refractivity contribution < 1.29 is 18.8 Å². The molecule has 2 heterocycles. The minimum Gasteiger partial charge on any atom is -0.358 e. The number of ketones is 2. The van der Waals surface area contributed by atoms with Gasteiger partial charge in [0.1, 0.15) is 5.82 Å². The topological polar surface area (TPSA) is 70.2 Å².